The second-order valence-corrected chi connectivity index (χ2v) is 4.01. The van der Waals surface area contributed by atoms with Crippen LogP contribution >= 0.6 is 0 Å². The summed E-state index contributed by atoms with van der Waals surface area (Å²) < 4.78 is 10.0. The van der Waals surface area contributed by atoms with Gasteiger partial charge in [-0.25, -0.2) is 0 Å². The van der Waals surface area contributed by atoms with Crippen LogP contribution in [0.1, 0.15) is 15.9 Å². The number of aryl methyl sites for hydroxylation is 1. The Kier molecular flexibility index (Phi) is 5.61. The smallest absolute Gasteiger partial charge is 0.255 e. The van der Waals surface area contributed by atoms with Gasteiger partial charge in [-0.15, -0.1) is 0 Å². The van der Waals surface area contributed by atoms with E-state index in [0.29, 0.717) is 11.3 Å². The van der Waals surface area contributed by atoms with Crippen molar-refractivity contribution in [3.63, 3.8) is 0 Å². The van der Waals surface area contributed by atoms with E-state index in [9.17, 15) is 4.79 Å². The number of methoxy groups -OCH3 is 2. The van der Waals surface area contributed by atoms with E-state index < -0.39 is 6.04 Å². The topological polar surface area (TPSA) is 67.8 Å². The summed E-state index contributed by atoms with van der Waals surface area (Å²) in [6.07, 6.45) is 0. The molecule has 1 atom stereocenters. The van der Waals surface area contributed by atoms with Crippen LogP contribution < -0.4 is 10.1 Å². The van der Waals surface area contributed by atoms with Gasteiger partial charge >= 0.3 is 0 Å². The van der Waals surface area contributed by atoms with Crippen LogP contribution in [0.5, 0.6) is 5.75 Å². The first-order valence-corrected chi connectivity index (χ1v) is 5.67. The summed E-state index contributed by atoms with van der Waals surface area (Å²) in [7, 11) is 3.03. The summed E-state index contributed by atoms with van der Waals surface area (Å²) in [5.41, 5.74) is 1.42. The van der Waals surface area contributed by atoms with Crippen LogP contribution in [0.3, 0.4) is 0 Å². The molecular weight excluding hydrogens is 234 g/mol. The van der Waals surface area contributed by atoms with Gasteiger partial charge in [0.15, 0.2) is 0 Å². The van der Waals surface area contributed by atoms with Gasteiger partial charge < -0.3 is 19.9 Å². The number of hydrogen-bond donors (Lipinski definition) is 2. The molecule has 5 heteroatoms. The maximum absolute atomic E-state index is 12.1. The number of amides is 1. The van der Waals surface area contributed by atoms with E-state index in [1.54, 1.807) is 12.1 Å². The summed E-state index contributed by atoms with van der Waals surface area (Å²) in [4.78, 5) is 12.1. The largest absolute Gasteiger partial charge is 0.496 e. The first-order valence-electron chi connectivity index (χ1n) is 5.67. The lowest BCUT2D eigenvalue weighted by molar-refractivity contribution is 0.0837. The van der Waals surface area contributed by atoms with Crippen LogP contribution in [-0.2, 0) is 4.74 Å². The van der Waals surface area contributed by atoms with Crippen molar-refractivity contribution in [2.45, 2.75) is 13.0 Å². The lowest BCUT2D eigenvalue weighted by Crippen LogP contribution is -2.40. The van der Waals surface area contributed by atoms with E-state index in [0.717, 1.165) is 5.56 Å². The van der Waals surface area contributed by atoms with Crippen molar-refractivity contribution < 1.29 is 19.4 Å². The van der Waals surface area contributed by atoms with Gasteiger partial charge in [0.2, 0.25) is 0 Å². The Morgan fingerprint density at radius 1 is 1.44 bits per heavy atom. The fourth-order valence-corrected chi connectivity index (χ4v) is 1.60. The van der Waals surface area contributed by atoms with Crippen LogP contribution in [0.2, 0.25) is 0 Å². The van der Waals surface area contributed by atoms with Crippen LogP contribution in [0, 0.1) is 6.92 Å². The maximum Gasteiger partial charge on any atom is 0.255 e. The Morgan fingerprint density at radius 2 is 2.17 bits per heavy atom. The molecule has 0 fully saturated rings. The van der Waals surface area contributed by atoms with E-state index in [1.165, 1.54) is 14.2 Å². The molecule has 1 rings (SSSR count). The molecule has 0 aliphatic heterocycles. The molecule has 18 heavy (non-hydrogen) atoms. The zero-order valence-corrected chi connectivity index (χ0v) is 10.9. The Hall–Kier alpha value is -1.59. The van der Waals surface area contributed by atoms with E-state index in [-0.39, 0.29) is 19.1 Å². The minimum Gasteiger partial charge on any atom is -0.496 e. The Labute approximate surface area is 107 Å². The van der Waals surface area contributed by atoms with Gasteiger partial charge in [-0.3, -0.25) is 4.79 Å². The number of carbonyl (C=O) groups is 1. The molecule has 0 spiro atoms. The van der Waals surface area contributed by atoms with Gasteiger partial charge in [-0.05, 0) is 19.1 Å². The average Bonchev–Trinajstić information content (AvgIpc) is 2.38. The van der Waals surface area contributed by atoms with Crippen molar-refractivity contribution in [2.24, 2.45) is 0 Å². The molecular formula is C13H19NO4. The number of nitrogens with one attached hydrogen (secondary N) is 1. The van der Waals surface area contributed by atoms with Crippen LogP contribution in [0.25, 0.3) is 0 Å². The molecule has 1 aromatic carbocycles. The number of benzene rings is 1. The van der Waals surface area contributed by atoms with Crippen molar-refractivity contribution in [2.75, 3.05) is 27.4 Å². The third-order valence-electron chi connectivity index (χ3n) is 2.52. The molecule has 2 N–H and O–H groups in total. The Balaban J connectivity index is 2.85. The molecule has 0 radical (unpaired) electrons. The van der Waals surface area contributed by atoms with Gasteiger partial charge in [0.25, 0.3) is 5.91 Å². The number of rotatable bonds is 6. The zero-order chi connectivity index (χ0) is 13.5. The monoisotopic (exact) mass is 253 g/mol. The van der Waals surface area contributed by atoms with Gasteiger partial charge in [0.05, 0.1) is 31.9 Å². The van der Waals surface area contributed by atoms with E-state index >= 15 is 0 Å². The highest BCUT2D eigenvalue weighted by molar-refractivity contribution is 5.97. The summed E-state index contributed by atoms with van der Waals surface area (Å²) in [5.74, 6) is 0.221. The van der Waals surface area contributed by atoms with E-state index in [1.807, 2.05) is 13.0 Å². The molecule has 0 heterocycles. The summed E-state index contributed by atoms with van der Waals surface area (Å²) in [6.45, 7) is 1.99. The molecule has 1 unspecified atom stereocenters. The lowest BCUT2D eigenvalue weighted by atomic mass is 10.1. The van der Waals surface area contributed by atoms with Gasteiger partial charge in [-0.2, -0.15) is 0 Å². The van der Waals surface area contributed by atoms with Crippen molar-refractivity contribution >= 4 is 5.91 Å². The molecule has 0 aliphatic rings. The van der Waals surface area contributed by atoms with Crippen LogP contribution in [0.15, 0.2) is 18.2 Å². The quantitative estimate of drug-likeness (QED) is 0.784. The highest BCUT2D eigenvalue weighted by Crippen LogP contribution is 2.19. The van der Waals surface area contributed by atoms with Gasteiger partial charge in [-0.1, -0.05) is 11.6 Å². The molecule has 0 saturated heterocycles. The normalized spacial score (nSPS) is 12.0. The van der Waals surface area contributed by atoms with E-state index in [4.69, 9.17) is 14.6 Å². The molecule has 0 aromatic heterocycles. The summed E-state index contributed by atoms with van der Waals surface area (Å²) in [5, 5.41) is 11.8. The van der Waals surface area contributed by atoms with Crippen molar-refractivity contribution in [1.82, 2.24) is 5.32 Å². The lowest BCUT2D eigenvalue weighted by Gasteiger charge is -2.16. The summed E-state index contributed by atoms with van der Waals surface area (Å²) >= 11 is 0. The Bertz CT molecular complexity index is 406. The predicted octanol–water partition coefficient (Wildman–Crippen LogP) is 0.741. The molecule has 1 amide bonds. The number of aliphatic hydroxyl groups is 1. The third kappa shape index (κ3) is 3.72. The first-order chi connectivity index (χ1) is 8.62. The highest BCUT2D eigenvalue weighted by Gasteiger charge is 2.16. The number of carbonyl (C=O) groups excluding carboxylic acids is 1. The predicted molar refractivity (Wildman–Crippen MR) is 67.9 cm³/mol. The van der Waals surface area contributed by atoms with Gasteiger partial charge in [0, 0.05) is 7.11 Å². The number of ether oxygens (including phenoxy) is 2. The molecule has 100 valence electrons. The third-order valence-corrected chi connectivity index (χ3v) is 2.52. The minimum absolute atomic E-state index is 0.173. The SMILES string of the molecule is COCC(CO)NC(=O)c1cc(C)ccc1OC. The van der Waals surface area contributed by atoms with Crippen molar-refractivity contribution in [3.8, 4) is 5.75 Å². The fraction of sp³-hybridized carbons (Fsp3) is 0.462. The molecule has 0 aliphatic carbocycles. The molecule has 0 bridgehead atoms. The first kappa shape index (κ1) is 14.5. The molecule has 0 saturated carbocycles. The maximum atomic E-state index is 12.1. The molecule has 5 nitrogen and oxygen atoms in total. The highest BCUT2D eigenvalue weighted by atomic mass is 16.5. The van der Waals surface area contributed by atoms with Gasteiger partial charge in [0.1, 0.15) is 5.75 Å². The number of aliphatic hydroxyl groups excluding tert-OH is 1. The Morgan fingerprint density at radius 3 is 2.72 bits per heavy atom. The van der Waals surface area contributed by atoms with Crippen LogP contribution in [-0.4, -0.2) is 44.5 Å². The molecule has 1 aromatic rings. The number of hydrogen-bond acceptors (Lipinski definition) is 4. The van der Waals surface area contributed by atoms with Crippen molar-refractivity contribution in [3.05, 3.63) is 29.3 Å². The van der Waals surface area contributed by atoms with E-state index in [2.05, 4.69) is 5.32 Å². The average molecular weight is 253 g/mol. The summed E-state index contributed by atoms with van der Waals surface area (Å²) in [6, 6.07) is 4.94. The van der Waals surface area contributed by atoms with Crippen molar-refractivity contribution in [1.29, 1.82) is 0 Å². The second kappa shape index (κ2) is 6.98. The second-order valence-electron chi connectivity index (χ2n) is 4.01. The standard InChI is InChI=1S/C13H19NO4/c1-9-4-5-12(18-3)11(6-9)13(16)14-10(7-15)8-17-2/h4-6,10,15H,7-8H2,1-3H3,(H,14,16). The minimum atomic E-state index is -0.423. The fourth-order valence-electron chi connectivity index (χ4n) is 1.60. The zero-order valence-electron chi connectivity index (χ0n) is 10.9. The van der Waals surface area contributed by atoms with Crippen LogP contribution in [0.4, 0.5) is 0 Å².